The van der Waals surface area contributed by atoms with E-state index in [-0.39, 0.29) is 6.04 Å². The minimum Gasteiger partial charge on any atom is -0.307 e. The number of hydrogen-bond acceptors (Lipinski definition) is 2. The summed E-state index contributed by atoms with van der Waals surface area (Å²) in [5.41, 5.74) is 0. The van der Waals surface area contributed by atoms with E-state index >= 15 is 0 Å². The molecule has 1 unspecified atom stereocenters. The van der Waals surface area contributed by atoms with Gasteiger partial charge in [0.15, 0.2) is 0 Å². The smallest absolute Gasteiger partial charge is 0.150 e. The zero-order valence-electron chi connectivity index (χ0n) is 6.10. The molecule has 0 aromatic rings. The van der Waals surface area contributed by atoms with Crippen molar-refractivity contribution in [3.05, 3.63) is 0 Å². The van der Waals surface area contributed by atoms with Crippen LogP contribution < -0.4 is 5.32 Å². The zero-order chi connectivity index (χ0) is 6.97. The predicted octanol–water partition coefficient (Wildman–Crippen LogP) is 0.718. The van der Waals surface area contributed by atoms with Gasteiger partial charge < -0.3 is 5.32 Å². The van der Waals surface area contributed by atoms with Gasteiger partial charge in [-0.15, -0.1) is 0 Å². The van der Waals surface area contributed by atoms with Crippen molar-refractivity contribution in [1.29, 1.82) is 0 Å². The van der Waals surface area contributed by atoms with Crippen LogP contribution >= 0.6 is 0 Å². The van der Waals surface area contributed by atoms with Gasteiger partial charge in [-0.1, -0.05) is 0 Å². The molecule has 0 radical (unpaired) electrons. The molecular weight excluding hydrogens is 126 g/mol. The number of Topliss-reactive ketones (excluding diaryl/α,β-unsaturated/α-hetero) is 1. The lowest BCUT2D eigenvalue weighted by Gasteiger charge is -2.21. The van der Waals surface area contributed by atoms with Crippen molar-refractivity contribution >= 4 is 5.78 Å². The fraction of sp³-hybridized carbons (Fsp3) is 0.875. The van der Waals surface area contributed by atoms with Gasteiger partial charge in [0.1, 0.15) is 5.78 Å². The Morgan fingerprint density at radius 1 is 1.40 bits per heavy atom. The van der Waals surface area contributed by atoms with Crippen LogP contribution in [-0.2, 0) is 4.79 Å². The van der Waals surface area contributed by atoms with Crippen molar-refractivity contribution < 1.29 is 4.79 Å². The molecule has 0 aromatic carbocycles. The maximum absolute atomic E-state index is 11.2. The highest BCUT2D eigenvalue weighted by atomic mass is 16.1. The number of piperidine rings is 1. The normalized spacial score (nSPS) is 34.4. The first-order chi connectivity index (χ1) is 4.88. The Hall–Kier alpha value is -0.370. The topological polar surface area (TPSA) is 29.1 Å². The van der Waals surface area contributed by atoms with Gasteiger partial charge >= 0.3 is 0 Å². The molecule has 1 aliphatic heterocycles. The average Bonchev–Trinajstić information content (AvgIpc) is 2.71. The monoisotopic (exact) mass is 139 g/mol. The van der Waals surface area contributed by atoms with Gasteiger partial charge in [0.25, 0.3) is 0 Å². The third-order valence-corrected chi connectivity index (χ3v) is 2.40. The van der Waals surface area contributed by atoms with Crippen LogP contribution in [0.1, 0.15) is 25.7 Å². The Morgan fingerprint density at radius 2 is 2.20 bits per heavy atom. The van der Waals surface area contributed by atoms with Crippen LogP contribution in [0.15, 0.2) is 0 Å². The number of hydrogen-bond donors (Lipinski definition) is 1. The van der Waals surface area contributed by atoms with E-state index in [1.165, 1.54) is 12.8 Å². The van der Waals surface area contributed by atoms with Crippen molar-refractivity contribution in [2.24, 2.45) is 5.92 Å². The summed E-state index contributed by atoms with van der Waals surface area (Å²) in [5.74, 6) is 1.15. The van der Waals surface area contributed by atoms with Gasteiger partial charge in [-0.3, -0.25) is 4.79 Å². The second kappa shape index (κ2) is 2.35. The number of carbonyl (C=O) groups is 1. The first-order valence-electron chi connectivity index (χ1n) is 4.14. The second-order valence-corrected chi connectivity index (χ2v) is 3.34. The SMILES string of the molecule is O=C1CCCNC1C1CC1. The largest absolute Gasteiger partial charge is 0.307 e. The Morgan fingerprint density at radius 3 is 2.80 bits per heavy atom. The molecule has 1 aliphatic carbocycles. The molecule has 0 amide bonds. The maximum atomic E-state index is 11.2. The Bertz CT molecular complexity index is 151. The van der Waals surface area contributed by atoms with Crippen molar-refractivity contribution in [2.45, 2.75) is 31.7 Å². The van der Waals surface area contributed by atoms with Crippen molar-refractivity contribution in [3.8, 4) is 0 Å². The van der Waals surface area contributed by atoms with E-state index in [0.29, 0.717) is 11.7 Å². The maximum Gasteiger partial charge on any atom is 0.150 e. The fourth-order valence-electron chi connectivity index (χ4n) is 1.65. The first-order valence-corrected chi connectivity index (χ1v) is 4.14. The summed E-state index contributed by atoms with van der Waals surface area (Å²) in [6, 6.07) is 0.244. The molecule has 2 heteroatoms. The van der Waals surface area contributed by atoms with Gasteiger partial charge in [0.05, 0.1) is 6.04 Å². The molecule has 2 nitrogen and oxygen atoms in total. The lowest BCUT2D eigenvalue weighted by molar-refractivity contribution is -0.122. The minimum absolute atomic E-state index is 0.244. The first kappa shape index (κ1) is 6.35. The molecule has 10 heavy (non-hydrogen) atoms. The molecule has 0 spiro atoms. The summed E-state index contributed by atoms with van der Waals surface area (Å²) in [7, 11) is 0. The number of carbonyl (C=O) groups excluding carboxylic acids is 1. The molecule has 2 aliphatic rings. The summed E-state index contributed by atoms with van der Waals surface area (Å²) in [4.78, 5) is 11.2. The molecular formula is C8H13NO. The van der Waals surface area contributed by atoms with Crippen LogP contribution in [0.3, 0.4) is 0 Å². The molecule has 56 valence electrons. The summed E-state index contributed by atoms with van der Waals surface area (Å²) in [5, 5.41) is 3.28. The highest BCUT2D eigenvalue weighted by molar-refractivity contribution is 5.85. The lowest BCUT2D eigenvalue weighted by atomic mass is 9.99. The number of rotatable bonds is 1. The van der Waals surface area contributed by atoms with Crippen molar-refractivity contribution in [3.63, 3.8) is 0 Å². The van der Waals surface area contributed by atoms with Crippen molar-refractivity contribution in [2.75, 3.05) is 6.54 Å². The van der Waals surface area contributed by atoms with Gasteiger partial charge in [-0.25, -0.2) is 0 Å². The second-order valence-electron chi connectivity index (χ2n) is 3.34. The summed E-state index contributed by atoms with van der Waals surface area (Å²) < 4.78 is 0. The molecule has 1 N–H and O–H groups in total. The van der Waals surface area contributed by atoms with E-state index in [9.17, 15) is 4.79 Å². The van der Waals surface area contributed by atoms with Gasteiger partial charge in [0, 0.05) is 6.42 Å². The van der Waals surface area contributed by atoms with Crippen LogP contribution in [0.25, 0.3) is 0 Å². The average molecular weight is 139 g/mol. The zero-order valence-corrected chi connectivity index (χ0v) is 6.10. The Labute approximate surface area is 61.0 Å². The molecule has 2 rings (SSSR count). The van der Waals surface area contributed by atoms with E-state index in [1.54, 1.807) is 0 Å². The molecule has 1 saturated heterocycles. The van der Waals surface area contributed by atoms with E-state index in [0.717, 1.165) is 19.4 Å². The highest BCUT2D eigenvalue weighted by Gasteiger charge is 2.36. The highest BCUT2D eigenvalue weighted by Crippen LogP contribution is 2.34. The molecule has 2 fully saturated rings. The van der Waals surface area contributed by atoms with Gasteiger partial charge in [-0.05, 0) is 31.7 Å². The minimum atomic E-state index is 0.244. The summed E-state index contributed by atoms with van der Waals surface area (Å²) >= 11 is 0. The number of nitrogens with one attached hydrogen (secondary N) is 1. The molecule has 0 bridgehead atoms. The molecule has 1 heterocycles. The summed E-state index contributed by atoms with van der Waals surface area (Å²) in [6.45, 7) is 1.05. The van der Waals surface area contributed by atoms with Crippen LogP contribution in [0.2, 0.25) is 0 Å². The molecule has 1 saturated carbocycles. The predicted molar refractivity (Wildman–Crippen MR) is 38.8 cm³/mol. The van der Waals surface area contributed by atoms with E-state index in [1.807, 2.05) is 0 Å². The third-order valence-electron chi connectivity index (χ3n) is 2.40. The lowest BCUT2D eigenvalue weighted by Crippen LogP contribution is -2.43. The molecule has 0 aromatic heterocycles. The number of ketones is 1. The van der Waals surface area contributed by atoms with Crippen LogP contribution in [0, 0.1) is 5.92 Å². The van der Waals surface area contributed by atoms with Crippen LogP contribution in [-0.4, -0.2) is 18.4 Å². The van der Waals surface area contributed by atoms with Crippen LogP contribution in [0.5, 0.6) is 0 Å². The van der Waals surface area contributed by atoms with Crippen LogP contribution in [0.4, 0.5) is 0 Å². The quantitative estimate of drug-likeness (QED) is 0.580. The molecule has 1 atom stereocenters. The van der Waals surface area contributed by atoms with Gasteiger partial charge in [0.2, 0.25) is 0 Å². The standard InChI is InChI=1S/C8H13NO/c10-7-2-1-5-9-8(7)6-3-4-6/h6,8-9H,1-5H2. The Balaban J connectivity index is 1.96. The van der Waals surface area contributed by atoms with E-state index in [2.05, 4.69) is 5.32 Å². The Kier molecular flexibility index (Phi) is 1.49. The summed E-state index contributed by atoms with van der Waals surface area (Å²) in [6.07, 6.45) is 4.39. The third kappa shape index (κ3) is 1.08. The fourth-order valence-corrected chi connectivity index (χ4v) is 1.65. The van der Waals surface area contributed by atoms with Gasteiger partial charge in [-0.2, -0.15) is 0 Å². The van der Waals surface area contributed by atoms with E-state index < -0.39 is 0 Å². The van der Waals surface area contributed by atoms with Crippen molar-refractivity contribution in [1.82, 2.24) is 5.32 Å². The van der Waals surface area contributed by atoms with E-state index in [4.69, 9.17) is 0 Å².